The molecule has 0 aliphatic carbocycles. The topological polar surface area (TPSA) is 85.7 Å². The van der Waals surface area contributed by atoms with Crippen LogP contribution in [0.5, 0.6) is 5.75 Å². The highest BCUT2D eigenvalue weighted by Gasteiger charge is 2.32. The van der Waals surface area contributed by atoms with E-state index < -0.39 is 0 Å². The first-order valence-electron chi connectivity index (χ1n) is 12.5. The van der Waals surface area contributed by atoms with Gasteiger partial charge in [-0.1, -0.05) is 31.2 Å². The minimum Gasteiger partial charge on any atom is -0.497 e. The molecule has 2 amide bonds. The van der Waals surface area contributed by atoms with Crippen LogP contribution in [0.4, 0.5) is 5.69 Å². The van der Waals surface area contributed by atoms with Crippen LogP contribution < -0.4 is 10.1 Å². The van der Waals surface area contributed by atoms with E-state index in [1.165, 1.54) is 5.56 Å². The Balaban J connectivity index is 1.18. The fourth-order valence-electron chi connectivity index (χ4n) is 4.93. The third kappa shape index (κ3) is 4.99. The maximum Gasteiger partial charge on any atom is 0.274 e. The zero-order chi connectivity index (χ0) is 25.1. The molecule has 0 saturated carbocycles. The molecule has 2 aliphatic heterocycles. The number of carbonyl (C=O) groups excluding carboxylic acids is 2. The van der Waals surface area contributed by atoms with E-state index in [1.807, 2.05) is 47.0 Å². The SMILES string of the molecule is CCc1cccc(NC(=O)C2CCN(C(=O)c3ncn4c3CO[C@@H](c3ccc(OC)cc3)C4)CC2)c1. The van der Waals surface area contributed by atoms with E-state index in [-0.39, 0.29) is 23.8 Å². The van der Waals surface area contributed by atoms with E-state index >= 15 is 0 Å². The summed E-state index contributed by atoms with van der Waals surface area (Å²) in [6.45, 7) is 4.09. The zero-order valence-corrected chi connectivity index (χ0v) is 20.8. The third-order valence-corrected chi connectivity index (χ3v) is 7.18. The molecule has 0 radical (unpaired) electrons. The number of nitrogens with zero attached hydrogens (tertiary/aromatic N) is 3. The van der Waals surface area contributed by atoms with Gasteiger partial charge in [0.25, 0.3) is 5.91 Å². The summed E-state index contributed by atoms with van der Waals surface area (Å²) in [5, 5.41) is 3.04. The van der Waals surface area contributed by atoms with Crippen molar-refractivity contribution in [3.8, 4) is 5.75 Å². The van der Waals surface area contributed by atoms with Crippen molar-refractivity contribution < 1.29 is 19.1 Å². The Morgan fingerprint density at radius 2 is 1.92 bits per heavy atom. The molecule has 1 fully saturated rings. The van der Waals surface area contributed by atoms with Crippen molar-refractivity contribution in [3.63, 3.8) is 0 Å². The van der Waals surface area contributed by atoms with Crippen molar-refractivity contribution in [2.45, 2.75) is 45.4 Å². The van der Waals surface area contributed by atoms with Crippen LogP contribution in [0.25, 0.3) is 0 Å². The van der Waals surface area contributed by atoms with Crippen molar-refractivity contribution >= 4 is 17.5 Å². The van der Waals surface area contributed by atoms with Gasteiger partial charge in [0.2, 0.25) is 5.91 Å². The van der Waals surface area contributed by atoms with E-state index in [0.717, 1.165) is 29.1 Å². The summed E-state index contributed by atoms with van der Waals surface area (Å²) in [5.74, 6) is 0.624. The lowest BCUT2D eigenvalue weighted by atomic mass is 9.95. The van der Waals surface area contributed by atoms with E-state index in [4.69, 9.17) is 9.47 Å². The summed E-state index contributed by atoms with van der Waals surface area (Å²) < 4.78 is 13.3. The van der Waals surface area contributed by atoms with Gasteiger partial charge in [0.1, 0.15) is 11.9 Å². The Kier molecular flexibility index (Phi) is 7.04. The summed E-state index contributed by atoms with van der Waals surface area (Å²) in [7, 11) is 1.65. The summed E-state index contributed by atoms with van der Waals surface area (Å²) >= 11 is 0. The number of hydrogen-bond acceptors (Lipinski definition) is 5. The molecular weight excluding hydrogens is 456 g/mol. The lowest BCUT2D eigenvalue weighted by Gasteiger charge is -2.31. The highest BCUT2D eigenvalue weighted by atomic mass is 16.5. The highest BCUT2D eigenvalue weighted by molar-refractivity contribution is 5.95. The number of carbonyl (C=O) groups is 2. The molecule has 2 aliphatic rings. The first-order valence-corrected chi connectivity index (χ1v) is 12.5. The van der Waals surface area contributed by atoms with Gasteiger partial charge in [-0.15, -0.1) is 0 Å². The second-order valence-corrected chi connectivity index (χ2v) is 9.37. The van der Waals surface area contributed by atoms with Gasteiger partial charge in [0, 0.05) is 24.7 Å². The predicted molar refractivity (Wildman–Crippen MR) is 136 cm³/mol. The molecule has 1 N–H and O–H groups in total. The highest BCUT2D eigenvalue weighted by Crippen LogP contribution is 2.30. The first kappa shape index (κ1) is 24.1. The average Bonchev–Trinajstić information content (AvgIpc) is 3.36. The van der Waals surface area contributed by atoms with Crippen molar-refractivity contribution in [3.05, 3.63) is 77.4 Å². The number of ether oxygens (including phenoxy) is 2. The van der Waals surface area contributed by atoms with Crippen LogP contribution in [-0.4, -0.2) is 46.5 Å². The molecule has 3 aromatic rings. The van der Waals surface area contributed by atoms with E-state index in [9.17, 15) is 9.59 Å². The molecule has 2 aromatic carbocycles. The van der Waals surface area contributed by atoms with Crippen LogP contribution in [0.15, 0.2) is 54.9 Å². The second-order valence-electron chi connectivity index (χ2n) is 9.37. The molecule has 1 saturated heterocycles. The van der Waals surface area contributed by atoms with Crippen molar-refractivity contribution in [2.24, 2.45) is 5.92 Å². The number of amides is 2. The Bertz CT molecular complexity index is 1230. The minimum absolute atomic E-state index is 0.0210. The third-order valence-electron chi connectivity index (χ3n) is 7.18. The second kappa shape index (κ2) is 10.5. The molecule has 0 unspecified atom stereocenters. The number of rotatable bonds is 6. The number of hydrogen-bond donors (Lipinski definition) is 1. The Hall–Kier alpha value is -3.65. The number of aromatic nitrogens is 2. The number of piperidine rings is 1. The predicted octanol–water partition coefficient (Wildman–Crippen LogP) is 4.22. The lowest BCUT2D eigenvalue weighted by molar-refractivity contribution is -0.121. The fraction of sp³-hybridized carbons (Fsp3) is 0.393. The molecular formula is C28H32N4O4. The van der Waals surface area contributed by atoms with Crippen LogP contribution in [0.3, 0.4) is 0 Å². The number of imidazole rings is 1. The number of fused-ring (bicyclic) bond motifs is 1. The Labute approximate surface area is 211 Å². The number of nitrogens with one attached hydrogen (secondary N) is 1. The molecule has 1 aromatic heterocycles. The molecule has 0 spiro atoms. The summed E-state index contributed by atoms with van der Waals surface area (Å²) in [6, 6.07) is 15.8. The number of methoxy groups -OCH3 is 1. The van der Waals surface area contributed by atoms with Gasteiger partial charge in [0.15, 0.2) is 5.69 Å². The Morgan fingerprint density at radius 3 is 2.64 bits per heavy atom. The van der Waals surface area contributed by atoms with Gasteiger partial charge in [0.05, 0.1) is 32.3 Å². The number of anilines is 1. The van der Waals surface area contributed by atoms with Crippen LogP contribution in [-0.2, 0) is 29.1 Å². The van der Waals surface area contributed by atoms with Crippen molar-refractivity contribution in [1.29, 1.82) is 0 Å². The summed E-state index contributed by atoms with van der Waals surface area (Å²) in [5.41, 5.74) is 4.33. The first-order chi connectivity index (χ1) is 17.6. The van der Waals surface area contributed by atoms with Crippen LogP contribution >= 0.6 is 0 Å². The van der Waals surface area contributed by atoms with E-state index in [0.29, 0.717) is 44.8 Å². The van der Waals surface area contributed by atoms with Gasteiger partial charge in [-0.2, -0.15) is 0 Å². The lowest BCUT2D eigenvalue weighted by Crippen LogP contribution is -2.42. The van der Waals surface area contributed by atoms with E-state index in [1.54, 1.807) is 18.3 Å². The Morgan fingerprint density at radius 1 is 1.14 bits per heavy atom. The van der Waals surface area contributed by atoms with Crippen molar-refractivity contribution in [1.82, 2.24) is 14.5 Å². The molecule has 3 heterocycles. The zero-order valence-electron chi connectivity index (χ0n) is 20.8. The molecule has 36 heavy (non-hydrogen) atoms. The quantitative estimate of drug-likeness (QED) is 0.562. The molecule has 8 nitrogen and oxygen atoms in total. The number of aryl methyl sites for hydroxylation is 1. The normalized spacial score (nSPS) is 17.9. The smallest absolute Gasteiger partial charge is 0.274 e. The van der Waals surface area contributed by atoms with E-state index in [2.05, 4.69) is 23.3 Å². The molecule has 0 bridgehead atoms. The number of benzene rings is 2. The molecule has 5 rings (SSSR count). The van der Waals surface area contributed by atoms with Gasteiger partial charge < -0.3 is 24.3 Å². The average molecular weight is 489 g/mol. The number of likely N-dealkylation sites (tertiary alicyclic amines) is 1. The maximum absolute atomic E-state index is 13.3. The largest absolute Gasteiger partial charge is 0.497 e. The van der Waals surface area contributed by atoms with Crippen LogP contribution in [0, 0.1) is 5.92 Å². The monoisotopic (exact) mass is 488 g/mol. The van der Waals surface area contributed by atoms with Gasteiger partial charge in [-0.05, 0) is 54.7 Å². The molecule has 1 atom stereocenters. The molecule has 188 valence electrons. The van der Waals surface area contributed by atoms with Gasteiger partial charge in [-0.25, -0.2) is 4.98 Å². The fourth-order valence-corrected chi connectivity index (χ4v) is 4.93. The van der Waals surface area contributed by atoms with Gasteiger partial charge in [-0.3, -0.25) is 9.59 Å². The minimum atomic E-state index is -0.108. The summed E-state index contributed by atoms with van der Waals surface area (Å²) in [4.78, 5) is 32.3. The standard InChI is InChI=1S/C28H32N4O4/c1-3-19-5-4-6-22(15-19)30-27(33)21-11-13-31(14-12-21)28(34)26-24-17-36-25(16-32(24)18-29-26)20-7-9-23(35-2)10-8-20/h4-10,15,18,21,25H,3,11-14,16-17H2,1-2H3,(H,30,33)/t25-/m1/s1. The molecule has 8 heteroatoms. The van der Waals surface area contributed by atoms with Crippen LogP contribution in [0.1, 0.15) is 53.2 Å². The maximum atomic E-state index is 13.3. The van der Waals surface area contributed by atoms with Crippen molar-refractivity contribution in [2.75, 3.05) is 25.5 Å². The van der Waals surface area contributed by atoms with Gasteiger partial charge >= 0.3 is 0 Å². The van der Waals surface area contributed by atoms with Crippen LogP contribution in [0.2, 0.25) is 0 Å². The summed E-state index contributed by atoms with van der Waals surface area (Å²) in [6.07, 6.45) is 3.82.